The van der Waals surface area contributed by atoms with Crippen molar-refractivity contribution in [1.29, 1.82) is 0 Å². The van der Waals surface area contributed by atoms with E-state index in [2.05, 4.69) is 34.3 Å². The molecule has 7 heteroatoms. The van der Waals surface area contributed by atoms with Crippen LogP contribution in [0.25, 0.3) is 0 Å². The van der Waals surface area contributed by atoms with Crippen molar-refractivity contribution >= 4 is 22.5 Å². The molecule has 6 nitrogen and oxygen atoms in total. The quantitative estimate of drug-likeness (QED) is 0.916. The molecule has 0 aromatic carbocycles. The molecule has 1 N–H and O–H groups in total. The first kappa shape index (κ1) is 14.2. The predicted molar refractivity (Wildman–Crippen MR) is 76.5 cm³/mol. The number of amides is 2. The van der Waals surface area contributed by atoms with Crippen molar-refractivity contribution in [3.8, 4) is 0 Å². The van der Waals surface area contributed by atoms with Crippen molar-refractivity contribution in [2.45, 2.75) is 20.8 Å². The van der Waals surface area contributed by atoms with Crippen LogP contribution in [-0.4, -0.2) is 58.8 Å². The lowest BCUT2D eigenvalue weighted by Gasteiger charge is -2.35. The summed E-state index contributed by atoms with van der Waals surface area (Å²) in [5.74, 6) is 0.671. The van der Waals surface area contributed by atoms with Gasteiger partial charge < -0.3 is 4.90 Å². The van der Waals surface area contributed by atoms with E-state index in [1.54, 1.807) is 0 Å². The molecule has 19 heavy (non-hydrogen) atoms. The van der Waals surface area contributed by atoms with Crippen LogP contribution in [0.3, 0.4) is 0 Å². The lowest BCUT2D eigenvalue weighted by atomic mass is 10.2. The summed E-state index contributed by atoms with van der Waals surface area (Å²) < 4.78 is 0. The number of aryl methyl sites for hydroxylation is 1. The Labute approximate surface area is 117 Å². The molecule has 1 aliphatic heterocycles. The second-order valence-corrected chi connectivity index (χ2v) is 6.42. The topological polar surface area (TPSA) is 61.4 Å². The molecule has 0 spiro atoms. The van der Waals surface area contributed by atoms with Crippen molar-refractivity contribution < 1.29 is 4.79 Å². The van der Waals surface area contributed by atoms with E-state index in [-0.39, 0.29) is 6.03 Å². The second kappa shape index (κ2) is 6.29. The van der Waals surface area contributed by atoms with Gasteiger partial charge in [-0.05, 0) is 12.8 Å². The Bertz CT molecular complexity index is 426. The van der Waals surface area contributed by atoms with Gasteiger partial charge in [-0.2, -0.15) is 0 Å². The van der Waals surface area contributed by atoms with Gasteiger partial charge in [0, 0.05) is 32.7 Å². The average Bonchev–Trinajstić information content (AvgIpc) is 2.75. The normalized spacial score (nSPS) is 16.9. The number of hydrogen-bond donors (Lipinski definition) is 1. The Kier molecular flexibility index (Phi) is 4.71. The Balaban J connectivity index is 1.79. The monoisotopic (exact) mass is 283 g/mol. The van der Waals surface area contributed by atoms with Crippen molar-refractivity contribution in [2.75, 3.05) is 38.0 Å². The summed E-state index contributed by atoms with van der Waals surface area (Å²) in [6.45, 7) is 10.9. The van der Waals surface area contributed by atoms with Crippen LogP contribution >= 0.6 is 11.3 Å². The molecule has 0 bridgehead atoms. The summed E-state index contributed by atoms with van der Waals surface area (Å²) in [6, 6.07) is -0.0691. The molecule has 106 valence electrons. The van der Waals surface area contributed by atoms with Crippen LogP contribution in [0.1, 0.15) is 18.9 Å². The van der Waals surface area contributed by atoms with Crippen molar-refractivity contribution in [2.24, 2.45) is 5.92 Å². The van der Waals surface area contributed by atoms with E-state index < -0.39 is 0 Å². The molecule has 1 fully saturated rings. The highest BCUT2D eigenvalue weighted by atomic mass is 32.1. The standard InChI is InChI=1S/C12H21N5OS/c1-9(2)8-16-4-6-17(7-5-16)12(18)13-11-15-14-10(3)19-11/h9H,4-8H2,1-3H3,(H,13,15,18). The van der Waals surface area contributed by atoms with Gasteiger partial charge in [0.1, 0.15) is 5.01 Å². The van der Waals surface area contributed by atoms with Crippen LogP contribution in [0.2, 0.25) is 0 Å². The number of rotatable bonds is 3. The SMILES string of the molecule is Cc1nnc(NC(=O)N2CCN(CC(C)C)CC2)s1. The summed E-state index contributed by atoms with van der Waals surface area (Å²) in [5, 5.41) is 12.0. The summed E-state index contributed by atoms with van der Waals surface area (Å²) >= 11 is 1.40. The molecule has 1 aliphatic rings. The molecule has 2 heterocycles. The van der Waals surface area contributed by atoms with E-state index in [0.717, 1.165) is 37.7 Å². The Morgan fingerprint density at radius 3 is 2.53 bits per heavy atom. The van der Waals surface area contributed by atoms with Crippen molar-refractivity contribution in [3.05, 3.63) is 5.01 Å². The van der Waals surface area contributed by atoms with Gasteiger partial charge >= 0.3 is 6.03 Å². The second-order valence-electron chi connectivity index (χ2n) is 5.24. The minimum atomic E-state index is -0.0691. The van der Waals surface area contributed by atoms with E-state index in [1.165, 1.54) is 11.3 Å². The third kappa shape index (κ3) is 4.14. The first-order valence-corrected chi connectivity index (χ1v) is 7.44. The third-order valence-electron chi connectivity index (χ3n) is 3.02. The van der Waals surface area contributed by atoms with Crippen LogP contribution in [0.5, 0.6) is 0 Å². The Hall–Kier alpha value is -1.21. The van der Waals surface area contributed by atoms with E-state index in [0.29, 0.717) is 11.0 Å². The van der Waals surface area contributed by atoms with Gasteiger partial charge in [0.05, 0.1) is 0 Å². The maximum absolute atomic E-state index is 12.0. The first-order valence-electron chi connectivity index (χ1n) is 6.63. The fourth-order valence-electron chi connectivity index (χ4n) is 2.17. The smallest absolute Gasteiger partial charge is 0.322 e. The molecule has 0 atom stereocenters. The molecule has 2 rings (SSSR count). The van der Waals surface area contributed by atoms with Crippen LogP contribution in [0, 0.1) is 12.8 Å². The van der Waals surface area contributed by atoms with Crippen LogP contribution in [0.15, 0.2) is 0 Å². The van der Waals surface area contributed by atoms with Gasteiger partial charge in [-0.3, -0.25) is 10.2 Å². The average molecular weight is 283 g/mol. The molecule has 0 radical (unpaired) electrons. The van der Waals surface area contributed by atoms with Crippen LogP contribution < -0.4 is 5.32 Å². The lowest BCUT2D eigenvalue weighted by Crippen LogP contribution is -2.50. The number of piperazine rings is 1. The zero-order valence-corrected chi connectivity index (χ0v) is 12.5. The molecular formula is C12H21N5OS. The zero-order valence-electron chi connectivity index (χ0n) is 11.7. The maximum Gasteiger partial charge on any atom is 0.323 e. The molecule has 0 aliphatic carbocycles. The summed E-state index contributed by atoms with van der Waals surface area (Å²) in [4.78, 5) is 16.3. The molecule has 0 saturated carbocycles. The van der Waals surface area contributed by atoms with Gasteiger partial charge in [0.25, 0.3) is 0 Å². The highest BCUT2D eigenvalue weighted by Crippen LogP contribution is 2.15. The highest BCUT2D eigenvalue weighted by molar-refractivity contribution is 7.15. The minimum absolute atomic E-state index is 0.0691. The Morgan fingerprint density at radius 1 is 1.32 bits per heavy atom. The molecular weight excluding hydrogens is 262 g/mol. The molecule has 1 aromatic rings. The number of carbonyl (C=O) groups excluding carboxylic acids is 1. The number of nitrogens with zero attached hydrogens (tertiary/aromatic N) is 4. The number of urea groups is 1. The molecule has 0 unspecified atom stereocenters. The largest absolute Gasteiger partial charge is 0.323 e. The van der Waals surface area contributed by atoms with E-state index >= 15 is 0 Å². The molecule has 1 saturated heterocycles. The molecule has 1 aromatic heterocycles. The first-order chi connectivity index (χ1) is 9.04. The summed E-state index contributed by atoms with van der Waals surface area (Å²) in [7, 11) is 0. The zero-order chi connectivity index (χ0) is 13.8. The number of carbonyl (C=O) groups is 1. The fraction of sp³-hybridized carbons (Fsp3) is 0.750. The van der Waals surface area contributed by atoms with Crippen molar-refractivity contribution in [1.82, 2.24) is 20.0 Å². The summed E-state index contributed by atoms with van der Waals surface area (Å²) in [5.41, 5.74) is 0. The number of hydrogen-bond acceptors (Lipinski definition) is 5. The van der Waals surface area contributed by atoms with Crippen LogP contribution in [0.4, 0.5) is 9.93 Å². The predicted octanol–water partition coefficient (Wildman–Crippen LogP) is 1.65. The summed E-state index contributed by atoms with van der Waals surface area (Å²) in [6.07, 6.45) is 0. The number of aromatic nitrogens is 2. The van der Waals surface area contributed by atoms with Gasteiger partial charge in [0.15, 0.2) is 0 Å². The third-order valence-corrected chi connectivity index (χ3v) is 3.78. The van der Waals surface area contributed by atoms with Crippen LogP contribution in [-0.2, 0) is 0 Å². The minimum Gasteiger partial charge on any atom is -0.322 e. The van der Waals surface area contributed by atoms with Gasteiger partial charge in [-0.25, -0.2) is 4.79 Å². The van der Waals surface area contributed by atoms with Gasteiger partial charge in [-0.1, -0.05) is 25.2 Å². The maximum atomic E-state index is 12.0. The highest BCUT2D eigenvalue weighted by Gasteiger charge is 2.22. The fourth-order valence-corrected chi connectivity index (χ4v) is 2.75. The lowest BCUT2D eigenvalue weighted by molar-refractivity contribution is 0.138. The van der Waals surface area contributed by atoms with E-state index in [9.17, 15) is 4.79 Å². The Morgan fingerprint density at radius 2 is 2.00 bits per heavy atom. The van der Waals surface area contributed by atoms with Gasteiger partial charge in [-0.15, -0.1) is 10.2 Å². The van der Waals surface area contributed by atoms with Crippen molar-refractivity contribution in [3.63, 3.8) is 0 Å². The molecule has 2 amide bonds. The van der Waals surface area contributed by atoms with E-state index in [1.807, 2.05) is 11.8 Å². The number of nitrogens with one attached hydrogen (secondary N) is 1. The van der Waals surface area contributed by atoms with E-state index in [4.69, 9.17) is 0 Å². The van der Waals surface area contributed by atoms with Gasteiger partial charge in [0.2, 0.25) is 5.13 Å². The number of anilines is 1.